The number of amides is 1. The van der Waals surface area contributed by atoms with Crippen molar-refractivity contribution >= 4 is 5.91 Å². The van der Waals surface area contributed by atoms with Gasteiger partial charge in [0.05, 0.1) is 13.2 Å². The SMILES string of the molecule is COCCONCC(=O)N1CCN(C)CC1. The van der Waals surface area contributed by atoms with Gasteiger partial charge in [-0.2, -0.15) is 5.48 Å². The second kappa shape index (κ2) is 7.56. The summed E-state index contributed by atoms with van der Waals surface area (Å²) in [5.41, 5.74) is 2.64. The minimum absolute atomic E-state index is 0.0884. The van der Waals surface area contributed by atoms with E-state index in [9.17, 15) is 4.79 Å². The first kappa shape index (κ1) is 13.4. The van der Waals surface area contributed by atoms with Gasteiger partial charge in [-0.15, -0.1) is 0 Å². The Morgan fingerprint density at radius 1 is 1.25 bits per heavy atom. The molecule has 0 aliphatic carbocycles. The van der Waals surface area contributed by atoms with Gasteiger partial charge in [0, 0.05) is 33.3 Å². The van der Waals surface area contributed by atoms with Crippen LogP contribution in [0.4, 0.5) is 0 Å². The van der Waals surface area contributed by atoms with Gasteiger partial charge < -0.3 is 14.5 Å². The van der Waals surface area contributed by atoms with Crippen molar-refractivity contribution in [1.82, 2.24) is 15.3 Å². The predicted octanol–water partition coefficient (Wildman–Crippen LogP) is -1.07. The lowest BCUT2D eigenvalue weighted by Gasteiger charge is -2.32. The summed E-state index contributed by atoms with van der Waals surface area (Å²) in [5, 5.41) is 0. The number of carbonyl (C=O) groups is 1. The number of piperazine rings is 1. The topological polar surface area (TPSA) is 54.0 Å². The zero-order chi connectivity index (χ0) is 11.8. The van der Waals surface area contributed by atoms with Crippen molar-refractivity contribution in [3.63, 3.8) is 0 Å². The van der Waals surface area contributed by atoms with E-state index < -0.39 is 0 Å². The highest BCUT2D eigenvalue weighted by Gasteiger charge is 2.18. The number of rotatable bonds is 6. The normalized spacial score (nSPS) is 17.8. The molecule has 1 amide bonds. The third kappa shape index (κ3) is 4.89. The molecule has 0 aromatic heterocycles. The summed E-state index contributed by atoms with van der Waals surface area (Å²) < 4.78 is 4.81. The van der Waals surface area contributed by atoms with Crippen LogP contribution in [0.5, 0.6) is 0 Å². The summed E-state index contributed by atoms with van der Waals surface area (Å²) in [4.78, 5) is 20.8. The van der Waals surface area contributed by atoms with Gasteiger partial charge in [0.1, 0.15) is 6.54 Å². The fourth-order valence-electron chi connectivity index (χ4n) is 1.48. The van der Waals surface area contributed by atoms with Crippen molar-refractivity contribution in [2.45, 2.75) is 0 Å². The molecule has 6 nitrogen and oxygen atoms in total. The molecule has 0 aromatic carbocycles. The van der Waals surface area contributed by atoms with E-state index >= 15 is 0 Å². The number of nitrogens with zero attached hydrogens (tertiary/aromatic N) is 2. The van der Waals surface area contributed by atoms with E-state index in [2.05, 4.69) is 17.4 Å². The first-order chi connectivity index (χ1) is 7.74. The van der Waals surface area contributed by atoms with Crippen LogP contribution < -0.4 is 5.48 Å². The monoisotopic (exact) mass is 231 g/mol. The number of nitrogens with one attached hydrogen (secondary N) is 1. The van der Waals surface area contributed by atoms with Crippen LogP contribution in [0.15, 0.2) is 0 Å². The first-order valence-electron chi connectivity index (χ1n) is 5.54. The third-order valence-electron chi connectivity index (χ3n) is 2.57. The Labute approximate surface area is 96.4 Å². The molecule has 0 spiro atoms. The molecular formula is C10H21N3O3. The highest BCUT2D eigenvalue weighted by atomic mass is 16.7. The summed E-state index contributed by atoms with van der Waals surface area (Å²) in [6, 6.07) is 0. The average molecular weight is 231 g/mol. The summed E-state index contributed by atoms with van der Waals surface area (Å²) in [7, 11) is 3.67. The van der Waals surface area contributed by atoms with E-state index in [0.29, 0.717) is 13.2 Å². The van der Waals surface area contributed by atoms with E-state index in [1.807, 2.05) is 4.90 Å². The molecule has 0 atom stereocenters. The lowest BCUT2D eigenvalue weighted by atomic mass is 10.3. The van der Waals surface area contributed by atoms with E-state index in [1.165, 1.54) is 0 Å². The van der Waals surface area contributed by atoms with Crippen LogP contribution in [0.2, 0.25) is 0 Å². The second-order valence-electron chi connectivity index (χ2n) is 3.85. The Hall–Kier alpha value is -0.690. The molecule has 0 bridgehead atoms. The highest BCUT2D eigenvalue weighted by molar-refractivity contribution is 5.78. The predicted molar refractivity (Wildman–Crippen MR) is 59.9 cm³/mol. The Morgan fingerprint density at radius 2 is 1.94 bits per heavy atom. The van der Waals surface area contributed by atoms with Gasteiger partial charge in [0.15, 0.2) is 0 Å². The lowest BCUT2D eigenvalue weighted by molar-refractivity contribution is -0.134. The number of hydrogen-bond donors (Lipinski definition) is 1. The molecule has 1 heterocycles. The molecule has 1 saturated heterocycles. The standard InChI is InChI=1S/C10H21N3O3/c1-12-3-5-13(6-4-12)10(14)9-11-16-8-7-15-2/h11H,3-9H2,1-2H3. The van der Waals surface area contributed by atoms with Gasteiger partial charge in [0.25, 0.3) is 0 Å². The zero-order valence-corrected chi connectivity index (χ0v) is 10.1. The van der Waals surface area contributed by atoms with Gasteiger partial charge in [-0.05, 0) is 7.05 Å². The molecule has 1 aliphatic rings. The van der Waals surface area contributed by atoms with Crippen molar-refractivity contribution in [2.75, 3.05) is 60.1 Å². The first-order valence-corrected chi connectivity index (χ1v) is 5.54. The Bertz CT molecular complexity index is 205. The maximum atomic E-state index is 11.7. The highest BCUT2D eigenvalue weighted by Crippen LogP contribution is 1.98. The number of hydroxylamine groups is 1. The zero-order valence-electron chi connectivity index (χ0n) is 10.1. The molecule has 0 aromatic rings. The summed E-state index contributed by atoms with van der Waals surface area (Å²) >= 11 is 0. The molecule has 0 saturated carbocycles. The van der Waals surface area contributed by atoms with Crippen LogP contribution >= 0.6 is 0 Å². The van der Waals surface area contributed by atoms with Crippen molar-refractivity contribution in [3.05, 3.63) is 0 Å². The molecular weight excluding hydrogens is 210 g/mol. The molecule has 1 N–H and O–H groups in total. The number of hydrogen-bond acceptors (Lipinski definition) is 5. The molecule has 0 unspecified atom stereocenters. The van der Waals surface area contributed by atoms with Crippen LogP contribution in [0, 0.1) is 0 Å². The smallest absolute Gasteiger partial charge is 0.239 e. The van der Waals surface area contributed by atoms with E-state index in [4.69, 9.17) is 9.57 Å². The van der Waals surface area contributed by atoms with Gasteiger partial charge in [-0.25, -0.2) is 0 Å². The molecule has 1 rings (SSSR count). The average Bonchev–Trinajstić information content (AvgIpc) is 2.29. The summed E-state index contributed by atoms with van der Waals surface area (Å²) in [6.45, 7) is 4.69. The second-order valence-corrected chi connectivity index (χ2v) is 3.85. The van der Waals surface area contributed by atoms with E-state index in [-0.39, 0.29) is 12.5 Å². The largest absolute Gasteiger partial charge is 0.382 e. The van der Waals surface area contributed by atoms with Crippen LogP contribution in [-0.4, -0.2) is 75.8 Å². The number of methoxy groups -OCH3 is 1. The van der Waals surface area contributed by atoms with Crippen molar-refractivity contribution in [2.24, 2.45) is 0 Å². The lowest BCUT2D eigenvalue weighted by Crippen LogP contribution is -2.49. The van der Waals surface area contributed by atoms with E-state index in [0.717, 1.165) is 26.2 Å². The van der Waals surface area contributed by atoms with Crippen LogP contribution in [0.3, 0.4) is 0 Å². The summed E-state index contributed by atoms with van der Waals surface area (Å²) in [6.07, 6.45) is 0. The van der Waals surface area contributed by atoms with Crippen molar-refractivity contribution in [3.8, 4) is 0 Å². The summed E-state index contributed by atoms with van der Waals surface area (Å²) in [5.74, 6) is 0.0884. The molecule has 1 fully saturated rings. The number of ether oxygens (including phenoxy) is 1. The minimum atomic E-state index is 0.0884. The maximum Gasteiger partial charge on any atom is 0.239 e. The molecule has 0 radical (unpaired) electrons. The van der Waals surface area contributed by atoms with Crippen LogP contribution in [0.25, 0.3) is 0 Å². The fourth-order valence-corrected chi connectivity index (χ4v) is 1.48. The maximum absolute atomic E-state index is 11.7. The van der Waals surface area contributed by atoms with Gasteiger partial charge in [-0.1, -0.05) is 0 Å². The Balaban J connectivity index is 2.06. The molecule has 94 valence electrons. The van der Waals surface area contributed by atoms with Crippen molar-refractivity contribution in [1.29, 1.82) is 0 Å². The van der Waals surface area contributed by atoms with Crippen molar-refractivity contribution < 1.29 is 14.4 Å². The van der Waals surface area contributed by atoms with Crippen LogP contribution in [-0.2, 0) is 14.4 Å². The Morgan fingerprint density at radius 3 is 2.56 bits per heavy atom. The number of carbonyl (C=O) groups excluding carboxylic acids is 1. The van der Waals surface area contributed by atoms with Gasteiger partial charge in [0.2, 0.25) is 5.91 Å². The third-order valence-corrected chi connectivity index (χ3v) is 2.57. The minimum Gasteiger partial charge on any atom is -0.382 e. The fraction of sp³-hybridized carbons (Fsp3) is 0.900. The van der Waals surface area contributed by atoms with Gasteiger partial charge >= 0.3 is 0 Å². The Kier molecular flexibility index (Phi) is 6.32. The molecule has 6 heteroatoms. The molecule has 16 heavy (non-hydrogen) atoms. The van der Waals surface area contributed by atoms with Gasteiger partial charge in [-0.3, -0.25) is 9.63 Å². The number of likely N-dealkylation sites (N-methyl/N-ethyl adjacent to an activating group) is 1. The molecule has 1 aliphatic heterocycles. The van der Waals surface area contributed by atoms with Crippen LogP contribution in [0.1, 0.15) is 0 Å². The quantitative estimate of drug-likeness (QED) is 0.466. The van der Waals surface area contributed by atoms with E-state index in [1.54, 1.807) is 7.11 Å².